The highest BCUT2D eigenvalue weighted by molar-refractivity contribution is 8.16. The normalized spacial score (nSPS) is 16.7. The molecule has 10 heteroatoms. The Morgan fingerprint density at radius 3 is 2.39 bits per heavy atom. The molecule has 1 N–H and O–H groups in total. The maximum atomic E-state index is 13.1. The number of carbonyl (C=O) groups excluding carboxylic acids is 2. The number of hydrogen-bond acceptors (Lipinski definition) is 9. The van der Waals surface area contributed by atoms with Gasteiger partial charge in [0.25, 0.3) is 0 Å². The van der Waals surface area contributed by atoms with Gasteiger partial charge in [-0.05, 0) is 47.2 Å². The van der Waals surface area contributed by atoms with E-state index in [1.54, 1.807) is 32.7 Å². The average molecular weight is 509 g/mol. The molecule has 1 unspecified atom stereocenters. The molecule has 0 aliphatic carbocycles. The topological polar surface area (TPSA) is 102 Å². The van der Waals surface area contributed by atoms with Gasteiger partial charge < -0.3 is 24.4 Å². The Bertz CT molecular complexity index is 1220. The number of rotatable bonds is 9. The number of ether oxygens (including phenoxy) is 3. The molecule has 1 amide bonds. The van der Waals surface area contributed by atoms with Gasteiger partial charge in [0.2, 0.25) is 5.91 Å². The van der Waals surface area contributed by atoms with Crippen LogP contribution < -0.4 is 14.8 Å². The van der Waals surface area contributed by atoms with Crippen molar-refractivity contribution in [1.82, 2.24) is 15.2 Å². The number of pyridine rings is 1. The molecule has 0 bridgehead atoms. The molecule has 0 saturated heterocycles. The van der Waals surface area contributed by atoms with Crippen molar-refractivity contribution >= 4 is 28.8 Å². The molecule has 0 radical (unpaired) electrons. The minimum absolute atomic E-state index is 0.116. The summed E-state index contributed by atoms with van der Waals surface area (Å²) in [6.07, 6.45) is 4.03. The molecule has 1 aromatic heterocycles. The van der Waals surface area contributed by atoms with Gasteiger partial charge in [-0.2, -0.15) is 0 Å². The predicted molar refractivity (Wildman–Crippen MR) is 137 cm³/mol. The van der Waals surface area contributed by atoms with E-state index in [0.717, 1.165) is 16.8 Å². The third kappa shape index (κ3) is 5.23. The lowest BCUT2D eigenvalue weighted by atomic mass is 9.92. The second kappa shape index (κ2) is 11.3. The van der Waals surface area contributed by atoms with Gasteiger partial charge >= 0.3 is 5.97 Å². The second-order valence-corrected chi connectivity index (χ2v) is 8.89. The standard InChI is InChI=1S/C26H28N4O5S/c1-5-21-23(25(32)35-4)24(17-10-19(33-2)13-20(11-17)34-3)30-18(15-36-26(30)29-21)12-22(31)28-14-16-6-8-27-9-7-16/h6-11,13,15,24H,5,12,14H2,1-4H3,(H,28,31). The molecular weight excluding hydrogens is 480 g/mol. The van der Waals surface area contributed by atoms with Gasteiger partial charge in [0.1, 0.15) is 11.5 Å². The van der Waals surface area contributed by atoms with Gasteiger partial charge in [0, 0.05) is 30.7 Å². The SMILES string of the molecule is CCC1=C(C(=O)OC)C(c2cc(OC)cc(OC)c2)N2C(CC(=O)NCc3ccncc3)=CSC2=N1. The van der Waals surface area contributed by atoms with Crippen molar-refractivity contribution in [3.63, 3.8) is 0 Å². The van der Waals surface area contributed by atoms with Gasteiger partial charge in [-0.15, -0.1) is 0 Å². The summed E-state index contributed by atoms with van der Waals surface area (Å²) in [6.45, 7) is 2.34. The molecule has 0 spiro atoms. The van der Waals surface area contributed by atoms with E-state index in [1.807, 2.05) is 41.5 Å². The number of fused-ring (bicyclic) bond motifs is 1. The van der Waals surface area contributed by atoms with Crippen LogP contribution in [-0.2, 0) is 20.9 Å². The van der Waals surface area contributed by atoms with Crippen LogP contribution in [0.4, 0.5) is 0 Å². The van der Waals surface area contributed by atoms with E-state index in [0.29, 0.717) is 40.9 Å². The summed E-state index contributed by atoms with van der Waals surface area (Å²) in [5.74, 6) is 0.554. The molecule has 3 heterocycles. The lowest BCUT2D eigenvalue weighted by molar-refractivity contribution is -0.136. The number of benzene rings is 1. The molecule has 188 valence electrons. The summed E-state index contributed by atoms with van der Waals surface area (Å²) in [7, 11) is 4.50. The van der Waals surface area contributed by atoms with E-state index in [-0.39, 0.29) is 12.3 Å². The van der Waals surface area contributed by atoms with E-state index in [1.165, 1.54) is 18.9 Å². The Morgan fingerprint density at radius 2 is 1.78 bits per heavy atom. The van der Waals surface area contributed by atoms with Crippen LogP contribution in [-0.4, -0.2) is 48.3 Å². The molecule has 0 saturated carbocycles. The number of nitrogens with zero attached hydrogens (tertiary/aromatic N) is 3. The molecule has 9 nitrogen and oxygen atoms in total. The number of amides is 1. The largest absolute Gasteiger partial charge is 0.497 e. The van der Waals surface area contributed by atoms with Crippen LogP contribution in [0.25, 0.3) is 0 Å². The van der Waals surface area contributed by atoms with E-state index in [4.69, 9.17) is 19.2 Å². The third-order valence-corrected chi connectivity index (χ3v) is 6.79. The lowest BCUT2D eigenvalue weighted by Gasteiger charge is -2.36. The van der Waals surface area contributed by atoms with Crippen molar-refractivity contribution in [3.05, 3.63) is 76.2 Å². The van der Waals surface area contributed by atoms with Crippen LogP contribution >= 0.6 is 11.8 Å². The quantitative estimate of drug-likeness (QED) is 0.508. The minimum atomic E-state index is -0.571. The zero-order chi connectivity index (χ0) is 25.7. The van der Waals surface area contributed by atoms with E-state index >= 15 is 0 Å². The highest BCUT2D eigenvalue weighted by Crippen LogP contribution is 2.46. The second-order valence-electron chi connectivity index (χ2n) is 8.05. The van der Waals surface area contributed by atoms with Gasteiger partial charge in [-0.1, -0.05) is 18.7 Å². The number of thioether (sulfide) groups is 1. The fraction of sp³-hybridized carbons (Fsp3) is 0.308. The number of aromatic nitrogens is 1. The molecule has 2 aliphatic heterocycles. The number of allylic oxidation sites excluding steroid dienone is 1. The summed E-state index contributed by atoms with van der Waals surface area (Å²) < 4.78 is 16.2. The Kier molecular flexibility index (Phi) is 7.94. The zero-order valence-corrected chi connectivity index (χ0v) is 21.4. The molecule has 2 aromatic rings. The molecule has 36 heavy (non-hydrogen) atoms. The Morgan fingerprint density at radius 1 is 1.08 bits per heavy atom. The highest BCUT2D eigenvalue weighted by Gasteiger charge is 2.41. The number of methoxy groups -OCH3 is 3. The van der Waals surface area contributed by atoms with Crippen LogP contribution in [0, 0.1) is 0 Å². The van der Waals surface area contributed by atoms with Crippen molar-refractivity contribution in [2.45, 2.75) is 32.4 Å². The number of amidine groups is 1. The van der Waals surface area contributed by atoms with E-state index in [2.05, 4.69) is 10.3 Å². The number of hydrogen-bond donors (Lipinski definition) is 1. The number of carbonyl (C=O) groups is 2. The smallest absolute Gasteiger partial charge is 0.338 e. The summed E-state index contributed by atoms with van der Waals surface area (Å²) in [6, 6.07) is 8.62. The van der Waals surface area contributed by atoms with Gasteiger partial charge in [0.05, 0.1) is 45.1 Å². The number of esters is 1. The minimum Gasteiger partial charge on any atom is -0.497 e. The molecule has 1 aromatic carbocycles. The van der Waals surface area contributed by atoms with Gasteiger partial charge in [-0.3, -0.25) is 9.78 Å². The van der Waals surface area contributed by atoms with Crippen molar-refractivity contribution in [3.8, 4) is 11.5 Å². The summed E-state index contributed by atoms with van der Waals surface area (Å²) in [5, 5.41) is 5.55. The lowest BCUT2D eigenvalue weighted by Crippen LogP contribution is -2.38. The highest BCUT2D eigenvalue weighted by atomic mass is 32.2. The van der Waals surface area contributed by atoms with Crippen molar-refractivity contribution in [2.24, 2.45) is 4.99 Å². The first-order chi connectivity index (χ1) is 17.5. The number of aliphatic imine (C=N–C) groups is 1. The van der Waals surface area contributed by atoms with Crippen LogP contribution in [0.5, 0.6) is 11.5 Å². The fourth-order valence-electron chi connectivity index (χ4n) is 4.14. The third-order valence-electron chi connectivity index (χ3n) is 5.90. The average Bonchev–Trinajstić information content (AvgIpc) is 3.32. The van der Waals surface area contributed by atoms with Crippen LogP contribution in [0.2, 0.25) is 0 Å². The van der Waals surface area contributed by atoms with Crippen LogP contribution in [0.15, 0.2) is 70.1 Å². The first-order valence-electron chi connectivity index (χ1n) is 11.4. The Balaban J connectivity index is 1.69. The predicted octanol–water partition coefficient (Wildman–Crippen LogP) is 3.94. The maximum Gasteiger partial charge on any atom is 0.338 e. The van der Waals surface area contributed by atoms with Gasteiger partial charge in [0.15, 0.2) is 5.17 Å². The Hall–Kier alpha value is -3.79. The molecule has 2 aliphatic rings. The van der Waals surface area contributed by atoms with Gasteiger partial charge in [-0.25, -0.2) is 9.79 Å². The Labute approximate surface area is 214 Å². The van der Waals surface area contributed by atoms with E-state index in [9.17, 15) is 9.59 Å². The fourth-order valence-corrected chi connectivity index (χ4v) is 5.08. The molecule has 4 rings (SSSR count). The zero-order valence-electron chi connectivity index (χ0n) is 20.6. The van der Waals surface area contributed by atoms with Crippen molar-refractivity contribution in [2.75, 3.05) is 21.3 Å². The molecule has 0 fully saturated rings. The summed E-state index contributed by atoms with van der Waals surface area (Å²) in [4.78, 5) is 36.6. The van der Waals surface area contributed by atoms with Crippen molar-refractivity contribution < 1.29 is 23.8 Å². The molecule has 1 atom stereocenters. The van der Waals surface area contributed by atoms with E-state index < -0.39 is 12.0 Å². The summed E-state index contributed by atoms with van der Waals surface area (Å²) in [5.41, 5.74) is 3.51. The first kappa shape index (κ1) is 25.3. The monoisotopic (exact) mass is 508 g/mol. The van der Waals surface area contributed by atoms with Crippen LogP contribution in [0.1, 0.15) is 36.9 Å². The van der Waals surface area contributed by atoms with Crippen molar-refractivity contribution in [1.29, 1.82) is 0 Å². The van der Waals surface area contributed by atoms with Crippen LogP contribution in [0.3, 0.4) is 0 Å². The molecular formula is C26H28N4O5S. The summed E-state index contributed by atoms with van der Waals surface area (Å²) >= 11 is 1.43. The maximum absolute atomic E-state index is 13.1. The first-order valence-corrected chi connectivity index (χ1v) is 12.3. The number of nitrogens with one attached hydrogen (secondary N) is 1.